The van der Waals surface area contributed by atoms with E-state index >= 15 is 0 Å². The van der Waals surface area contributed by atoms with Crippen LogP contribution in [0, 0.1) is 46.8 Å². The third kappa shape index (κ3) is 4.97. The van der Waals surface area contributed by atoms with Crippen molar-refractivity contribution in [2.75, 3.05) is 13.2 Å². The van der Waals surface area contributed by atoms with Crippen LogP contribution < -0.4 is 4.74 Å². The molecule has 2 saturated heterocycles. The Bertz CT molecular complexity index is 1020. The molecule has 0 aromatic heterocycles. The lowest BCUT2D eigenvalue weighted by Gasteiger charge is -2.48. The highest BCUT2D eigenvalue weighted by atomic mass is 16.6. The van der Waals surface area contributed by atoms with Gasteiger partial charge in [0.15, 0.2) is 6.29 Å². The van der Waals surface area contributed by atoms with Crippen LogP contribution in [0.15, 0.2) is 24.3 Å². The number of aliphatic carboxylic acids is 1. The lowest BCUT2D eigenvalue weighted by atomic mass is 9.55. The molecule has 5 rings (SSSR count). The van der Waals surface area contributed by atoms with Gasteiger partial charge in [0.25, 0.3) is 5.91 Å². The predicted octanol–water partition coefficient (Wildman–Crippen LogP) is 5.07. The number of ether oxygens (including phenoxy) is 2. The van der Waals surface area contributed by atoms with Gasteiger partial charge in [0.1, 0.15) is 11.8 Å². The summed E-state index contributed by atoms with van der Waals surface area (Å²) in [6, 6.07) is 5.98. The number of hydrogen-bond acceptors (Lipinski definition) is 5. The molecule has 0 spiro atoms. The molecule has 2 aliphatic heterocycles. The number of carbonyl (C=O) groups is 2. The van der Waals surface area contributed by atoms with Crippen molar-refractivity contribution in [3.05, 3.63) is 29.8 Å². The van der Waals surface area contributed by atoms with E-state index in [1.807, 2.05) is 0 Å². The van der Waals surface area contributed by atoms with Gasteiger partial charge in [0.2, 0.25) is 0 Å². The van der Waals surface area contributed by atoms with E-state index < -0.39 is 18.3 Å². The Labute approximate surface area is 226 Å². The Hall–Kier alpha value is -2.12. The molecule has 1 aromatic carbocycles. The maximum absolute atomic E-state index is 13.3. The molecular formula is C31H45NO6. The van der Waals surface area contributed by atoms with Gasteiger partial charge in [0, 0.05) is 18.0 Å². The average molecular weight is 528 g/mol. The highest BCUT2D eigenvalue weighted by Gasteiger charge is 2.60. The van der Waals surface area contributed by atoms with E-state index in [0.717, 1.165) is 25.9 Å². The van der Waals surface area contributed by atoms with Crippen LogP contribution in [0.4, 0.5) is 0 Å². The second-order valence-electron chi connectivity index (χ2n) is 13.4. The number of carbonyl (C=O) groups excluding carboxylic acids is 1. The number of amides is 1. The fraction of sp³-hybridized carbons (Fsp3) is 0.742. The predicted molar refractivity (Wildman–Crippen MR) is 144 cm³/mol. The van der Waals surface area contributed by atoms with Crippen molar-refractivity contribution >= 4 is 11.9 Å². The maximum Gasteiger partial charge on any atom is 0.326 e. The number of aliphatic hydroxyl groups is 1. The molecular weight excluding hydrogens is 482 g/mol. The summed E-state index contributed by atoms with van der Waals surface area (Å²) in [7, 11) is 0. The lowest BCUT2D eigenvalue weighted by Crippen LogP contribution is -2.51. The van der Waals surface area contributed by atoms with Gasteiger partial charge in [-0.3, -0.25) is 4.79 Å². The summed E-state index contributed by atoms with van der Waals surface area (Å²) >= 11 is 0. The Balaban J connectivity index is 1.23. The third-order valence-electron chi connectivity index (χ3n) is 10.6. The minimum atomic E-state index is -0.955. The zero-order valence-corrected chi connectivity index (χ0v) is 23.5. The summed E-state index contributed by atoms with van der Waals surface area (Å²) in [5.41, 5.74) is 0.379. The number of likely N-dealkylation sites (tertiary alicyclic amines) is 1. The second-order valence-corrected chi connectivity index (χ2v) is 13.4. The van der Waals surface area contributed by atoms with Crippen LogP contribution in [0.25, 0.3) is 0 Å². The smallest absolute Gasteiger partial charge is 0.326 e. The van der Waals surface area contributed by atoms with E-state index in [0.29, 0.717) is 47.6 Å². The van der Waals surface area contributed by atoms with Gasteiger partial charge in [-0.25, -0.2) is 4.79 Å². The van der Waals surface area contributed by atoms with Crippen molar-refractivity contribution in [2.24, 2.45) is 46.8 Å². The number of carboxylic acid groups (broad SMARTS) is 1. The van der Waals surface area contributed by atoms with Crippen LogP contribution in [0.2, 0.25) is 0 Å². The Morgan fingerprint density at radius 2 is 1.79 bits per heavy atom. The Morgan fingerprint density at radius 3 is 2.45 bits per heavy atom. The molecule has 1 amide bonds. The second kappa shape index (κ2) is 10.5. The van der Waals surface area contributed by atoms with Crippen LogP contribution in [-0.2, 0) is 9.53 Å². The van der Waals surface area contributed by atoms with E-state index in [-0.39, 0.29) is 29.1 Å². The zero-order chi connectivity index (χ0) is 27.4. The number of benzene rings is 1. The van der Waals surface area contributed by atoms with Gasteiger partial charge in [-0.1, -0.05) is 34.1 Å². The Kier molecular flexibility index (Phi) is 7.55. The van der Waals surface area contributed by atoms with Crippen LogP contribution >= 0.6 is 0 Å². The molecule has 7 heteroatoms. The minimum absolute atomic E-state index is 0.00682. The highest BCUT2D eigenvalue weighted by Crippen LogP contribution is 2.57. The first-order valence-corrected chi connectivity index (χ1v) is 14.6. The molecule has 4 fully saturated rings. The quantitative estimate of drug-likeness (QED) is 0.502. The monoisotopic (exact) mass is 527 g/mol. The van der Waals surface area contributed by atoms with Gasteiger partial charge in [0.05, 0.1) is 12.7 Å². The number of rotatable bonds is 6. The molecule has 2 aliphatic carbocycles. The fourth-order valence-corrected chi connectivity index (χ4v) is 8.44. The molecule has 7 nitrogen and oxygen atoms in total. The van der Waals surface area contributed by atoms with E-state index in [9.17, 15) is 19.8 Å². The molecule has 2 saturated carbocycles. The normalized spacial score (nSPS) is 37.7. The molecule has 4 aliphatic rings. The van der Waals surface area contributed by atoms with Crippen LogP contribution in [0.1, 0.15) is 77.1 Å². The van der Waals surface area contributed by atoms with Crippen molar-refractivity contribution in [1.29, 1.82) is 0 Å². The molecule has 0 radical (unpaired) electrons. The molecule has 210 valence electrons. The summed E-state index contributed by atoms with van der Waals surface area (Å²) in [6.45, 7) is 12.0. The molecule has 2 heterocycles. The standard InChI is InChI=1S/C31H45NO6/c1-17-6-12-24(25-16-37-18(2)7-13-23(17)25)19(3)30(36)38-22-10-8-20(9-11-22)28(33)32-15-21-14-31(4,5)26(21)27(32)29(34)35/h8-11,17-19,21,23-27,30,36H,6-7,12-16H2,1-5H3,(H,34,35)/t17-,18?,19-,21+,23+,24+,25?,26+,27+,30-/m1/s1. The number of nitrogens with zero attached hydrogens (tertiary/aromatic N) is 1. The van der Waals surface area contributed by atoms with Gasteiger partial charge in [-0.2, -0.15) is 0 Å². The largest absolute Gasteiger partial charge is 0.480 e. The van der Waals surface area contributed by atoms with Gasteiger partial charge in [-0.15, -0.1) is 0 Å². The van der Waals surface area contributed by atoms with Crippen LogP contribution in [0.5, 0.6) is 5.75 Å². The summed E-state index contributed by atoms with van der Waals surface area (Å²) in [6.07, 6.45) is 4.79. The molecule has 2 N–H and O–H groups in total. The van der Waals surface area contributed by atoms with Crippen molar-refractivity contribution in [2.45, 2.75) is 85.2 Å². The SMILES string of the molecule is CC1CC[C@@H]2C(CO1)[C@H]([C@@H](C)[C@H](O)Oc1ccc(C(=O)N3C[C@@H]4CC(C)(C)[C@@H]4[C@H]3C(=O)O)cc1)CC[C@H]2C. The minimum Gasteiger partial charge on any atom is -0.480 e. The molecule has 0 bridgehead atoms. The van der Waals surface area contributed by atoms with Crippen molar-refractivity contribution in [3.8, 4) is 5.75 Å². The van der Waals surface area contributed by atoms with Crippen LogP contribution in [0.3, 0.4) is 0 Å². The molecule has 1 aromatic rings. The van der Waals surface area contributed by atoms with E-state index in [1.165, 1.54) is 17.7 Å². The van der Waals surface area contributed by atoms with Crippen molar-refractivity contribution in [3.63, 3.8) is 0 Å². The van der Waals surface area contributed by atoms with Crippen molar-refractivity contribution < 1.29 is 29.3 Å². The summed E-state index contributed by atoms with van der Waals surface area (Å²) in [5.74, 6) is 1.58. The summed E-state index contributed by atoms with van der Waals surface area (Å²) in [4.78, 5) is 26.9. The van der Waals surface area contributed by atoms with Crippen molar-refractivity contribution in [1.82, 2.24) is 4.90 Å². The van der Waals surface area contributed by atoms with E-state index in [1.54, 1.807) is 24.3 Å². The molecule has 10 atom stereocenters. The third-order valence-corrected chi connectivity index (χ3v) is 10.6. The van der Waals surface area contributed by atoms with E-state index in [2.05, 4.69) is 34.6 Å². The van der Waals surface area contributed by atoms with Crippen LogP contribution in [-0.4, -0.2) is 58.6 Å². The summed E-state index contributed by atoms with van der Waals surface area (Å²) in [5, 5.41) is 21.0. The average Bonchev–Trinajstić information content (AvgIpc) is 3.08. The number of fused-ring (bicyclic) bond motifs is 2. The number of carboxylic acids is 1. The van der Waals surface area contributed by atoms with Gasteiger partial charge in [-0.05, 0) is 97.8 Å². The van der Waals surface area contributed by atoms with E-state index in [4.69, 9.17) is 9.47 Å². The summed E-state index contributed by atoms with van der Waals surface area (Å²) < 4.78 is 12.1. The molecule has 38 heavy (non-hydrogen) atoms. The first kappa shape index (κ1) is 27.4. The Morgan fingerprint density at radius 1 is 1.08 bits per heavy atom. The zero-order valence-electron chi connectivity index (χ0n) is 23.5. The maximum atomic E-state index is 13.3. The van der Waals surface area contributed by atoms with Gasteiger partial charge < -0.3 is 24.6 Å². The number of hydrogen-bond donors (Lipinski definition) is 2. The highest BCUT2D eigenvalue weighted by molar-refractivity contribution is 5.97. The fourth-order valence-electron chi connectivity index (χ4n) is 8.44. The first-order valence-electron chi connectivity index (χ1n) is 14.6. The lowest BCUT2D eigenvalue weighted by molar-refractivity contribution is -0.146. The molecule has 2 unspecified atom stereocenters. The van der Waals surface area contributed by atoms with Gasteiger partial charge >= 0.3 is 5.97 Å². The number of aliphatic hydroxyl groups excluding tert-OH is 1. The first-order chi connectivity index (χ1) is 18.0. The topological polar surface area (TPSA) is 96.3 Å².